The van der Waals surface area contributed by atoms with Gasteiger partial charge >= 0.3 is 38.0 Å². The quantitative estimate of drug-likeness (QED) is 0.00932. The summed E-state index contributed by atoms with van der Waals surface area (Å²) in [6.07, 6.45) is -6.97. The zero-order valence-corrected chi connectivity index (χ0v) is 58.2. The standard InChI is InChI=1S/C68H81N8O22PSi/c1-14-35-85-58-52-57(72-61(73-58)74-64(79)87-37-16-3)76(43-69-52)60-56(98-100(12,13)67(7,8)9)54(49(93-60)41-90-68(44-23-21-20-22-24-44,45-25-29-47(83-10)30-26-45)46-27-31-48(84-11)32-28-46)97-99(82,91-40-19-6)92-42-50-53(95-65(80)88-38-17-4)55(96-66(81)89-39-18-5)59(94-50)75-34-33-51(70-62(75)77)71-63(78)86-36-15-2/h14-34,43,49-50,53-56,59-60H,1-6,35-42H2,7-13H3,(H,70,71,77,78)(H,72,73,74,79)/t49-,50-,53-,54-,55-,56-,59-,60-,99?/m1/s1. The highest BCUT2D eigenvalue weighted by Gasteiger charge is 2.57. The molecule has 32 heteroatoms. The number of nitrogens with one attached hydrogen (secondary N) is 2. The molecule has 30 nitrogen and oxygen atoms in total. The Morgan fingerprint density at radius 1 is 0.610 bits per heavy atom. The van der Waals surface area contributed by atoms with E-state index in [1.807, 2.05) is 88.5 Å². The monoisotopic (exact) mass is 1420 g/mol. The molecule has 2 amide bonds. The van der Waals surface area contributed by atoms with Gasteiger partial charge in [-0.2, -0.15) is 15.0 Å². The van der Waals surface area contributed by atoms with Crippen LogP contribution in [-0.4, -0.2) is 166 Å². The molecular weight excluding hydrogens is 1340 g/mol. The molecule has 100 heavy (non-hydrogen) atoms. The zero-order chi connectivity index (χ0) is 72.2. The predicted molar refractivity (Wildman–Crippen MR) is 365 cm³/mol. The van der Waals surface area contributed by atoms with Gasteiger partial charge in [0.25, 0.3) is 0 Å². The Kier molecular flexibility index (Phi) is 26.4. The van der Waals surface area contributed by atoms with Crippen molar-refractivity contribution in [3.63, 3.8) is 0 Å². The average molecular weight is 1420 g/mol. The van der Waals surface area contributed by atoms with Crippen molar-refractivity contribution >= 4 is 63.6 Å². The number of anilines is 2. The highest BCUT2D eigenvalue weighted by molar-refractivity contribution is 7.48. The molecule has 0 radical (unpaired) electrons. The lowest BCUT2D eigenvalue weighted by atomic mass is 9.80. The summed E-state index contributed by atoms with van der Waals surface area (Å²) >= 11 is 0. The molecule has 2 aliphatic rings. The maximum Gasteiger partial charge on any atom is 0.509 e. The van der Waals surface area contributed by atoms with Crippen LogP contribution in [0.25, 0.3) is 11.2 Å². The van der Waals surface area contributed by atoms with E-state index >= 15 is 4.57 Å². The minimum atomic E-state index is -5.25. The second kappa shape index (κ2) is 34.8. The fraction of sp³-hybridized carbons (Fsp3) is 0.368. The number of phosphoric ester groups is 1. The lowest BCUT2D eigenvalue weighted by Crippen LogP contribution is -2.49. The van der Waals surface area contributed by atoms with Gasteiger partial charge in [0.2, 0.25) is 11.8 Å². The number of fused-ring (bicyclic) bond motifs is 1. The topological polar surface area (TPSA) is 336 Å². The first-order valence-electron chi connectivity index (χ1n) is 31.2. The van der Waals surface area contributed by atoms with E-state index in [9.17, 15) is 24.0 Å². The second-order valence-electron chi connectivity index (χ2n) is 23.4. The normalized spacial score (nSPS) is 19.6. The van der Waals surface area contributed by atoms with Crippen LogP contribution in [0.3, 0.4) is 0 Å². The largest absolute Gasteiger partial charge is 0.509 e. The minimum Gasteiger partial charge on any atom is -0.497 e. The number of nitrogens with zero attached hydrogens (tertiary/aromatic N) is 6. The molecule has 9 atom stereocenters. The van der Waals surface area contributed by atoms with E-state index in [1.165, 1.54) is 53.4 Å². The Morgan fingerprint density at radius 3 is 1.69 bits per heavy atom. The number of imidazole rings is 1. The summed E-state index contributed by atoms with van der Waals surface area (Å²) in [4.78, 5) is 84.5. The van der Waals surface area contributed by atoms with E-state index in [2.05, 4.69) is 60.1 Å². The molecule has 2 N–H and O–H groups in total. The number of ether oxygens (including phenoxy) is 12. The Hall–Kier alpha value is -9.82. The van der Waals surface area contributed by atoms with Crippen LogP contribution in [0.5, 0.6) is 17.4 Å². The zero-order valence-electron chi connectivity index (χ0n) is 56.3. The van der Waals surface area contributed by atoms with Crippen molar-refractivity contribution < 1.29 is 98.6 Å². The smallest absolute Gasteiger partial charge is 0.497 e. The van der Waals surface area contributed by atoms with E-state index < -0.39 is 126 Å². The van der Waals surface area contributed by atoms with Gasteiger partial charge in [-0.1, -0.05) is 145 Å². The van der Waals surface area contributed by atoms with Gasteiger partial charge in [0, 0.05) is 6.20 Å². The third kappa shape index (κ3) is 18.5. The van der Waals surface area contributed by atoms with Gasteiger partial charge < -0.3 is 61.3 Å². The van der Waals surface area contributed by atoms with E-state index in [4.69, 9.17) is 84.8 Å². The summed E-state index contributed by atoms with van der Waals surface area (Å²) in [5.74, 6) is 0.480. The van der Waals surface area contributed by atoms with Gasteiger partial charge in [0.15, 0.2) is 44.1 Å². The van der Waals surface area contributed by atoms with Gasteiger partial charge in [-0.3, -0.25) is 33.3 Å². The molecule has 3 aromatic heterocycles. The number of hydrogen-bond acceptors (Lipinski definition) is 26. The summed E-state index contributed by atoms with van der Waals surface area (Å²) in [5.41, 5.74) is -0.602. The van der Waals surface area contributed by atoms with Crippen LogP contribution in [0.2, 0.25) is 18.1 Å². The second-order valence-corrected chi connectivity index (χ2v) is 29.7. The van der Waals surface area contributed by atoms with Crippen LogP contribution in [0.15, 0.2) is 178 Å². The third-order valence-electron chi connectivity index (χ3n) is 15.8. The van der Waals surface area contributed by atoms with E-state index in [1.54, 1.807) is 38.5 Å². The SMILES string of the molecule is C=CCOC(=O)Nc1ccn([C@@H]2O[C@H](COP(=O)(OCC=C)O[C@H]3[C@@H](O[Si](C)(C)C(C)(C)C)[C@H](n4cnc5c(OCC=C)nc(NC(=O)OCC=C)nc54)O[C@@H]3COC(c3ccccc3)(c3ccc(OC)cc3)c3ccc(OC)cc3)[C@@H](OC(=O)OCC=C)[C@H]2OC(=O)OCC=C)c(=O)n1. The number of carbonyl (C=O) groups excluding carboxylic acids is 4. The predicted octanol–water partition coefficient (Wildman–Crippen LogP) is 11.5. The van der Waals surface area contributed by atoms with Crippen LogP contribution in [0.4, 0.5) is 30.9 Å². The van der Waals surface area contributed by atoms with Gasteiger partial charge in [-0.05, 0) is 65.2 Å². The summed E-state index contributed by atoms with van der Waals surface area (Å²) < 4.78 is 116. The third-order valence-corrected chi connectivity index (χ3v) is 21.7. The molecule has 0 bridgehead atoms. The van der Waals surface area contributed by atoms with E-state index in [0.717, 1.165) is 10.8 Å². The van der Waals surface area contributed by atoms with Crippen molar-refractivity contribution in [1.82, 2.24) is 29.1 Å². The van der Waals surface area contributed by atoms with E-state index in [0.29, 0.717) is 28.2 Å². The van der Waals surface area contributed by atoms with Crippen molar-refractivity contribution in [2.75, 3.05) is 77.7 Å². The Bertz CT molecular complexity index is 3920. The highest BCUT2D eigenvalue weighted by atomic mass is 31.2. The van der Waals surface area contributed by atoms with Crippen molar-refractivity contribution in [3.8, 4) is 17.4 Å². The summed E-state index contributed by atoms with van der Waals surface area (Å²) in [7, 11) is -5.29. The van der Waals surface area contributed by atoms with Crippen LogP contribution >= 0.6 is 7.82 Å². The average Bonchev–Trinajstić information content (AvgIpc) is 1.60. The van der Waals surface area contributed by atoms with Crippen molar-refractivity contribution in [2.45, 2.75) is 93.6 Å². The van der Waals surface area contributed by atoms with Crippen LogP contribution < -0.4 is 30.5 Å². The minimum absolute atomic E-state index is 0.0293. The molecule has 0 aliphatic carbocycles. The van der Waals surface area contributed by atoms with Crippen molar-refractivity contribution in [3.05, 3.63) is 201 Å². The maximum atomic E-state index is 16.3. The molecule has 2 saturated heterocycles. The molecule has 2 aliphatic heterocycles. The molecule has 5 heterocycles. The molecule has 6 aromatic rings. The molecular formula is C68H81N8O22PSi. The van der Waals surface area contributed by atoms with Gasteiger partial charge in [0.1, 0.15) is 80.4 Å². The summed E-state index contributed by atoms with van der Waals surface area (Å²) in [6.45, 7) is 28.9. The van der Waals surface area contributed by atoms with Crippen LogP contribution in [-0.2, 0) is 70.8 Å². The van der Waals surface area contributed by atoms with Gasteiger partial charge in [-0.25, -0.2) is 33.5 Å². The Labute approximate surface area is 578 Å². The van der Waals surface area contributed by atoms with E-state index in [-0.39, 0.29) is 61.8 Å². The van der Waals surface area contributed by atoms with Crippen LogP contribution in [0, 0.1) is 0 Å². The number of benzene rings is 3. The number of phosphoric acid groups is 1. The first kappa shape index (κ1) is 75.9. The molecule has 8 rings (SSSR count). The molecule has 2 fully saturated rings. The van der Waals surface area contributed by atoms with Crippen molar-refractivity contribution in [1.29, 1.82) is 0 Å². The molecule has 1 unspecified atom stereocenters. The molecule has 534 valence electrons. The fourth-order valence-corrected chi connectivity index (χ4v) is 12.8. The van der Waals surface area contributed by atoms with Crippen LogP contribution in [0.1, 0.15) is 49.9 Å². The first-order chi connectivity index (χ1) is 48.0. The lowest BCUT2D eigenvalue weighted by molar-refractivity contribution is -0.0955. The van der Waals surface area contributed by atoms with Gasteiger partial charge in [0.05, 0.1) is 40.4 Å². The summed E-state index contributed by atoms with van der Waals surface area (Å²) in [5, 5.41) is 4.29. The lowest BCUT2D eigenvalue weighted by Gasteiger charge is -2.41. The Balaban J connectivity index is 1.31. The highest BCUT2D eigenvalue weighted by Crippen LogP contribution is 2.56. The number of aromatic nitrogens is 6. The Morgan fingerprint density at radius 2 is 1.14 bits per heavy atom. The fourth-order valence-electron chi connectivity index (χ4n) is 10.1. The van der Waals surface area contributed by atoms with Gasteiger partial charge in [-0.15, -0.1) is 6.58 Å². The molecule has 0 saturated carbocycles. The summed E-state index contributed by atoms with van der Waals surface area (Å²) in [6, 6.07) is 25.1. The number of rotatable bonds is 35. The van der Waals surface area contributed by atoms with Crippen molar-refractivity contribution in [2.24, 2.45) is 0 Å². The first-order valence-corrected chi connectivity index (χ1v) is 35.6. The number of hydrogen-bond donors (Lipinski definition) is 2. The number of methoxy groups -OCH3 is 2. The number of amides is 2. The maximum absolute atomic E-state index is 16.3. The molecule has 0 spiro atoms. The number of carbonyl (C=O) groups is 4. The molecule has 3 aromatic carbocycles.